The number of urea groups is 1. The van der Waals surface area contributed by atoms with Crippen molar-refractivity contribution in [2.24, 2.45) is 0 Å². The molecule has 0 aliphatic heterocycles. The van der Waals surface area contributed by atoms with Gasteiger partial charge in [-0.25, -0.2) is 9.78 Å². The summed E-state index contributed by atoms with van der Waals surface area (Å²) in [6.07, 6.45) is 4.31. The number of aliphatic hydroxyl groups is 1. The summed E-state index contributed by atoms with van der Waals surface area (Å²) in [4.78, 5) is 16.0. The summed E-state index contributed by atoms with van der Waals surface area (Å²) in [6, 6.07) is -0.216. The van der Waals surface area contributed by atoms with Crippen molar-refractivity contribution in [2.45, 2.75) is 44.6 Å². The number of rotatable bonds is 6. The lowest BCUT2D eigenvalue weighted by Gasteiger charge is -2.36. The Labute approximate surface area is 117 Å². The molecule has 0 atom stereocenters. The molecule has 1 aliphatic rings. The topological polar surface area (TPSA) is 74.2 Å². The molecule has 1 aliphatic carbocycles. The van der Waals surface area contributed by atoms with Crippen molar-refractivity contribution in [3.63, 3.8) is 0 Å². The van der Waals surface area contributed by atoms with Crippen molar-refractivity contribution in [1.82, 2.24) is 15.6 Å². The number of hydrogen-bond acceptors (Lipinski definition) is 4. The molecule has 6 heteroatoms. The standard InChI is InChI=1S/C13H21N3O2S/c1-2-11-16-10(8-19-11)4-7-14-12(17)15-9-13(18)5-3-6-13/h8,18H,2-7,9H2,1H3,(H2,14,15,17). The molecule has 1 heterocycles. The molecule has 0 bridgehead atoms. The Morgan fingerprint density at radius 1 is 1.53 bits per heavy atom. The predicted octanol–water partition coefficient (Wildman–Crippen LogP) is 1.46. The maximum atomic E-state index is 11.5. The van der Waals surface area contributed by atoms with Crippen molar-refractivity contribution in [3.05, 3.63) is 16.1 Å². The van der Waals surface area contributed by atoms with E-state index >= 15 is 0 Å². The Morgan fingerprint density at radius 3 is 2.89 bits per heavy atom. The van der Waals surface area contributed by atoms with E-state index in [1.807, 2.05) is 5.38 Å². The van der Waals surface area contributed by atoms with Gasteiger partial charge in [0.2, 0.25) is 0 Å². The average molecular weight is 283 g/mol. The van der Waals surface area contributed by atoms with Gasteiger partial charge in [0.15, 0.2) is 0 Å². The molecule has 3 N–H and O–H groups in total. The van der Waals surface area contributed by atoms with E-state index in [-0.39, 0.29) is 6.03 Å². The van der Waals surface area contributed by atoms with E-state index in [0.717, 1.165) is 42.8 Å². The molecule has 1 aromatic heterocycles. The third-order valence-corrected chi connectivity index (χ3v) is 4.47. The first kappa shape index (κ1) is 14.3. The minimum atomic E-state index is -0.664. The Kier molecular flexibility index (Phi) is 4.76. The van der Waals surface area contributed by atoms with Gasteiger partial charge < -0.3 is 15.7 Å². The molecular formula is C13H21N3O2S. The van der Waals surface area contributed by atoms with Crippen LogP contribution in [0.15, 0.2) is 5.38 Å². The van der Waals surface area contributed by atoms with E-state index in [1.54, 1.807) is 11.3 Å². The third kappa shape index (κ3) is 4.18. The summed E-state index contributed by atoms with van der Waals surface area (Å²) in [5.74, 6) is 0. The summed E-state index contributed by atoms with van der Waals surface area (Å²) < 4.78 is 0. The normalized spacial score (nSPS) is 16.7. The van der Waals surface area contributed by atoms with Gasteiger partial charge >= 0.3 is 6.03 Å². The van der Waals surface area contributed by atoms with Crippen LogP contribution in [0.1, 0.15) is 36.9 Å². The van der Waals surface area contributed by atoms with E-state index in [9.17, 15) is 9.90 Å². The van der Waals surface area contributed by atoms with Gasteiger partial charge in [-0.3, -0.25) is 0 Å². The predicted molar refractivity (Wildman–Crippen MR) is 75.4 cm³/mol. The molecule has 106 valence electrons. The van der Waals surface area contributed by atoms with Gasteiger partial charge in [-0.2, -0.15) is 0 Å². The smallest absolute Gasteiger partial charge is 0.314 e. The van der Waals surface area contributed by atoms with Crippen molar-refractivity contribution in [3.8, 4) is 0 Å². The summed E-state index contributed by atoms with van der Waals surface area (Å²) in [5.41, 5.74) is 0.363. The number of hydrogen-bond donors (Lipinski definition) is 3. The quantitative estimate of drug-likeness (QED) is 0.740. The summed E-state index contributed by atoms with van der Waals surface area (Å²) >= 11 is 1.66. The summed E-state index contributed by atoms with van der Waals surface area (Å²) in [6.45, 7) is 2.99. The fraction of sp³-hybridized carbons (Fsp3) is 0.692. The molecule has 0 radical (unpaired) electrons. The maximum absolute atomic E-state index is 11.5. The van der Waals surface area contributed by atoms with Crippen LogP contribution in [0.3, 0.4) is 0 Å². The first-order chi connectivity index (χ1) is 9.11. The zero-order valence-corrected chi connectivity index (χ0v) is 12.1. The largest absolute Gasteiger partial charge is 0.388 e. The molecule has 0 unspecified atom stereocenters. The number of aryl methyl sites for hydroxylation is 1. The highest BCUT2D eigenvalue weighted by atomic mass is 32.1. The Morgan fingerprint density at radius 2 is 2.32 bits per heavy atom. The lowest BCUT2D eigenvalue weighted by atomic mass is 9.80. The van der Waals surface area contributed by atoms with E-state index in [1.165, 1.54) is 0 Å². The fourth-order valence-electron chi connectivity index (χ4n) is 2.00. The maximum Gasteiger partial charge on any atom is 0.314 e. The highest BCUT2D eigenvalue weighted by Gasteiger charge is 2.34. The first-order valence-electron chi connectivity index (χ1n) is 6.79. The van der Waals surface area contributed by atoms with Crippen LogP contribution >= 0.6 is 11.3 Å². The second kappa shape index (κ2) is 6.34. The lowest BCUT2D eigenvalue weighted by Crippen LogP contribution is -2.50. The van der Waals surface area contributed by atoms with Crippen LogP contribution in [0.5, 0.6) is 0 Å². The van der Waals surface area contributed by atoms with Crippen molar-refractivity contribution < 1.29 is 9.90 Å². The lowest BCUT2D eigenvalue weighted by molar-refractivity contribution is -0.0290. The molecule has 0 saturated heterocycles. The van der Waals surface area contributed by atoms with Gasteiger partial charge in [0, 0.05) is 24.9 Å². The van der Waals surface area contributed by atoms with Gasteiger partial charge in [0.1, 0.15) is 0 Å². The van der Waals surface area contributed by atoms with E-state index < -0.39 is 5.60 Å². The van der Waals surface area contributed by atoms with Crippen molar-refractivity contribution >= 4 is 17.4 Å². The number of nitrogens with one attached hydrogen (secondary N) is 2. The number of thiazole rings is 1. The summed E-state index contributed by atoms with van der Waals surface area (Å²) in [7, 11) is 0. The Bertz CT molecular complexity index is 429. The molecule has 5 nitrogen and oxygen atoms in total. The minimum absolute atomic E-state index is 0.216. The highest BCUT2D eigenvalue weighted by molar-refractivity contribution is 7.09. The Balaban J connectivity index is 1.60. The van der Waals surface area contributed by atoms with Crippen molar-refractivity contribution in [1.29, 1.82) is 0 Å². The second-order valence-corrected chi connectivity index (χ2v) is 5.97. The van der Waals surface area contributed by atoms with Crippen molar-refractivity contribution in [2.75, 3.05) is 13.1 Å². The number of carbonyl (C=O) groups excluding carboxylic acids is 1. The molecule has 1 saturated carbocycles. The molecule has 0 spiro atoms. The van der Waals surface area contributed by atoms with Crippen LogP contribution < -0.4 is 10.6 Å². The highest BCUT2D eigenvalue weighted by Crippen LogP contribution is 2.30. The van der Waals surface area contributed by atoms with Gasteiger partial charge in [0.05, 0.1) is 16.3 Å². The van der Waals surface area contributed by atoms with Crippen LogP contribution in [0, 0.1) is 0 Å². The van der Waals surface area contributed by atoms with E-state index in [4.69, 9.17) is 0 Å². The molecule has 2 rings (SSSR count). The van der Waals surface area contributed by atoms with Gasteiger partial charge in [0.25, 0.3) is 0 Å². The van der Waals surface area contributed by atoms with Crippen LogP contribution in [-0.2, 0) is 12.8 Å². The molecule has 1 aromatic rings. The molecule has 19 heavy (non-hydrogen) atoms. The van der Waals surface area contributed by atoms with E-state index in [2.05, 4.69) is 22.5 Å². The summed E-state index contributed by atoms with van der Waals surface area (Å²) in [5, 5.41) is 18.5. The molecule has 1 fully saturated rings. The SMILES string of the molecule is CCc1nc(CCNC(=O)NCC2(O)CCC2)cs1. The zero-order valence-electron chi connectivity index (χ0n) is 11.2. The Hall–Kier alpha value is -1.14. The van der Waals surface area contributed by atoms with Crippen LogP contribution in [0.2, 0.25) is 0 Å². The first-order valence-corrected chi connectivity index (χ1v) is 7.67. The van der Waals surface area contributed by atoms with Gasteiger partial charge in [-0.1, -0.05) is 6.92 Å². The fourth-order valence-corrected chi connectivity index (χ4v) is 2.78. The molecule has 2 amide bonds. The third-order valence-electron chi connectivity index (χ3n) is 3.43. The number of amides is 2. The zero-order chi connectivity index (χ0) is 13.7. The minimum Gasteiger partial charge on any atom is -0.388 e. The van der Waals surface area contributed by atoms with Gasteiger partial charge in [-0.15, -0.1) is 11.3 Å². The average Bonchev–Trinajstić information content (AvgIpc) is 2.82. The number of carbonyl (C=O) groups is 1. The van der Waals surface area contributed by atoms with Crippen LogP contribution in [-0.4, -0.2) is 34.8 Å². The molecule has 0 aromatic carbocycles. The molecular weight excluding hydrogens is 262 g/mol. The monoisotopic (exact) mass is 283 g/mol. The van der Waals surface area contributed by atoms with Crippen LogP contribution in [0.4, 0.5) is 4.79 Å². The van der Waals surface area contributed by atoms with Crippen LogP contribution in [0.25, 0.3) is 0 Å². The van der Waals surface area contributed by atoms with Gasteiger partial charge in [-0.05, 0) is 25.7 Å². The number of nitrogens with zero attached hydrogens (tertiary/aromatic N) is 1. The number of aromatic nitrogens is 1. The van der Waals surface area contributed by atoms with E-state index in [0.29, 0.717) is 13.1 Å². The second-order valence-electron chi connectivity index (χ2n) is 5.02.